The van der Waals surface area contributed by atoms with Gasteiger partial charge in [0.05, 0.1) is 0 Å². The first kappa shape index (κ1) is 38.0. The number of carbonyl (C=O) groups is 4. The van der Waals surface area contributed by atoms with E-state index in [-0.39, 0.29) is 37.4 Å². The molecule has 4 aromatic rings. The topological polar surface area (TPSA) is 98.8 Å². The van der Waals surface area contributed by atoms with Crippen LogP contribution < -0.4 is 14.8 Å². The Labute approximate surface area is 292 Å². The fourth-order valence-corrected chi connectivity index (χ4v) is 4.66. The van der Waals surface area contributed by atoms with E-state index in [0.717, 1.165) is 22.3 Å². The van der Waals surface area contributed by atoms with Crippen molar-refractivity contribution in [1.82, 2.24) is 5.32 Å². The molecule has 0 saturated heterocycles. The van der Waals surface area contributed by atoms with Crippen LogP contribution in [-0.2, 0) is 45.4 Å². The standard InChI is InChI=1S/C35H37NO4.C4H4Cl2O2/c1-26-13-14-31(21-27(26)2)23-36-35(38)20-18-32(37)17-15-28-16-19-33(39-24-29-9-5-3-6-10-29)34(22-28)40-25-30-11-7-4-8-12-30;5-3(7)1-2-4(6)8/h3-14,16,19,21-22H,15,17-18,20,23-25H2,1-2H3,(H,36,38);1-2H2. The zero-order valence-corrected chi connectivity index (χ0v) is 28.8. The summed E-state index contributed by atoms with van der Waals surface area (Å²) in [6.07, 6.45) is 1.43. The van der Waals surface area contributed by atoms with Crippen LogP contribution in [0, 0.1) is 13.8 Å². The second-order valence-electron chi connectivity index (χ2n) is 11.3. The molecule has 48 heavy (non-hydrogen) atoms. The number of ether oxygens (including phenoxy) is 2. The molecule has 0 fully saturated rings. The lowest BCUT2D eigenvalue weighted by atomic mass is 10.0. The number of rotatable bonds is 17. The van der Waals surface area contributed by atoms with E-state index in [9.17, 15) is 19.2 Å². The third-order valence-electron chi connectivity index (χ3n) is 7.38. The Bertz CT molecular complexity index is 1630. The van der Waals surface area contributed by atoms with Crippen molar-refractivity contribution in [3.63, 3.8) is 0 Å². The van der Waals surface area contributed by atoms with Crippen LogP contribution in [0.5, 0.6) is 11.5 Å². The third-order valence-corrected chi connectivity index (χ3v) is 7.76. The predicted molar refractivity (Wildman–Crippen MR) is 189 cm³/mol. The van der Waals surface area contributed by atoms with Gasteiger partial charge in [0, 0.05) is 38.6 Å². The monoisotopic (exact) mass is 689 g/mol. The van der Waals surface area contributed by atoms with E-state index in [1.807, 2.05) is 84.9 Å². The molecule has 0 aliphatic heterocycles. The summed E-state index contributed by atoms with van der Waals surface area (Å²) >= 11 is 9.74. The van der Waals surface area contributed by atoms with Crippen LogP contribution in [0.2, 0.25) is 0 Å². The molecular formula is C39H41Cl2NO6. The molecule has 1 N–H and O–H groups in total. The number of aryl methyl sites for hydroxylation is 3. The second-order valence-corrected chi connectivity index (χ2v) is 12.1. The zero-order chi connectivity index (χ0) is 34.7. The van der Waals surface area contributed by atoms with Gasteiger partial charge >= 0.3 is 0 Å². The molecular weight excluding hydrogens is 649 g/mol. The van der Waals surface area contributed by atoms with Gasteiger partial charge in [-0.15, -0.1) is 0 Å². The molecule has 0 atom stereocenters. The van der Waals surface area contributed by atoms with Gasteiger partial charge in [0.1, 0.15) is 19.0 Å². The van der Waals surface area contributed by atoms with Crippen LogP contribution in [0.1, 0.15) is 65.5 Å². The Kier molecular flexibility index (Phi) is 16.4. The molecule has 252 valence electrons. The highest BCUT2D eigenvalue weighted by molar-refractivity contribution is 6.65. The van der Waals surface area contributed by atoms with E-state index in [1.165, 1.54) is 11.1 Å². The quantitative estimate of drug-likeness (QED) is 0.112. The normalized spacial score (nSPS) is 10.3. The number of halogens is 2. The molecule has 0 aliphatic rings. The van der Waals surface area contributed by atoms with Gasteiger partial charge in [-0.25, -0.2) is 0 Å². The van der Waals surface area contributed by atoms with Crippen molar-refractivity contribution >= 4 is 45.4 Å². The largest absolute Gasteiger partial charge is 0.485 e. The predicted octanol–water partition coefficient (Wildman–Crippen LogP) is 8.36. The maximum absolute atomic E-state index is 12.6. The lowest BCUT2D eigenvalue weighted by molar-refractivity contribution is -0.125. The molecule has 0 saturated carbocycles. The smallest absolute Gasteiger partial charge is 0.222 e. The second kappa shape index (κ2) is 20.7. The van der Waals surface area contributed by atoms with Crippen molar-refractivity contribution < 1.29 is 28.7 Å². The highest BCUT2D eigenvalue weighted by atomic mass is 35.5. The minimum atomic E-state index is -0.529. The first-order valence-electron chi connectivity index (χ1n) is 15.8. The van der Waals surface area contributed by atoms with Crippen molar-refractivity contribution in [2.24, 2.45) is 0 Å². The number of hydrogen-bond acceptors (Lipinski definition) is 6. The van der Waals surface area contributed by atoms with Crippen LogP contribution in [0.3, 0.4) is 0 Å². The van der Waals surface area contributed by atoms with Gasteiger partial charge in [0.15, 0.2) is 11.5 Å². The fraction of sp³-hybridized carbons (Fsp3) is 0.282. The van der Waals surface area contributed by atoms with E-state index < -0.39 is 10.5 Å². The summed E-state index contributed by atoms with van der Waals surface area (Å²) in [5.74, 6) is 1.27. The molecule has 0 radical (unpaired) electrons. The van der Waals surface area contributed by atoms with E-state index in [4.69, 9.17) is 32.7 Å². The van der Waals surface area contributed by atoms with Crippen LogP contribution in [0.4, 0.5) is 0 Å². The first-order valence-corrected chi connectivity index (χ1v) is 16.5. The minimum Gasteiger partial charge on any atom is -0.485 e. The van der Waals surface area contributed by atoms with Crippen molar-refractivity contribution in [3.05, 3.63) is 130 Å². The Morgan fingerprint density at radius 3 is 1.69 bits per heavy atom. The number of amides is 1. The van der Waals surface area contributed by atoms with E-state index in [1.54, 1.807) is 0 Å². The molecule has 0 unspecified atom stereocenters. The molecule has 4 rings (SSSR count). The maximum atomic E-state index is 12.6. The van der Waals surface area contributed by atoms with Gasteiger partial charge in [-0.1, -0.05) is 84.9 Å². The number of Topliss-reactive ketones (excluding diaryl/α,β-unsaturated/α-hetero) is 1. The summed E-state index contributed by atoms with van der Waals surface area (Å²) in [5, 5.41) is 1.86. The average Bonchev–Trinajstić information content (AvgIpc) is 3.09. The molecule has 0 aliphatic carbocycles. The Balaban J connectivity index is 0.000000694. The molecule has 0 heterocycles. The molecule has 4 aromatic carbocycles. The molecule has 7 nitrogen and oxygen atoms in total. The average molecular weight is 691 g/mol. The summed E-state index contributed by atoms with van der Waals surface area (Å²) in [4.78, 5) is 44.7. The highest BCUT2D eigenvalue weighted by Crippen LogP contribution is 2.30. The molecule has 0 spiro atoms. The van der Waals surface area contributed by atoms with Gasteiger partial charge < -0.3 is 14.8 Å². The highest BCUT2D eigenvalue weighted by Gasteiger charge is 2.12. The molecule has 9 heteroatoms. The first-order chi connectivity index (χ1) is 23.1. The SMILES string of the molecule is Cc1ccc(CNC(=O)CCC(=O)CCc2ccc(OCc3ccccc3)c(OCc3ccccc3)c2)cc1C.O=C(Cl)CCC(=O)Cl. The molecule has 0 bridgehead atoms. The minimum absolute atomic E-state index is 0.0316. The summed E-state index contributed by atoms with van der Waals surface area (Å²) in [6, 6.07) is 32.0. The number of hydrogen-bond donors (Lipinski definition) is 1. The van der Waals surface area contributed by atoms with Crippen molar-refractivity contribution in [1.29, 1.82) is 0 Å². The Hall–Kier alpha value is -4.46. The maximum Gasteiger partial charge on any atom is 0.222 e. The Morgan fingerprint density at radius 1 is 0.562 bits per heavy atom. The summed E-state index contributed by atoms with van der Waals surface area (Å²) in [6.45, 7) is 5.45. The summed E-state index contributed by atoms with van der Waals surface area (Å²) in [5.41, 5.74) is 6.61. The van der Waals surface area contributed by atoms with E-state index >= 15 is 0 Å². The number of ketones is 1. The van der Waals surface area contributed by atoms with Gasteiger partial charge in [0.25, 0.3) is 0 Å². The number of nitrogens with one attached hydrogen (secondary N) is 1. The summed E-state index contributed by atoms with van der Waals surface area (Å²) in [7, 11) is 0. The molecule has 0 aromatic heterocycles. The van der Waals surface area contributed by atoms with Crippen molar-refractivity contribution in [2.45, 2.75) is 72.1 Å². The number of carbonyl (C=O) groups excluding carboxylic acids is 4. The van der Waals surface area contributed by atoms with Crippen molar-refractivity contribution in [2.75, 3.05) is 0 Å². The Morgan fingerprint density at radius 2 is 1.12 bits per heavy atom. The van der Waals surface area contributed by atoms with Gasteiger partial charge in [-0.05, 0) is 89.0 Å². The van der Waals surface area contributed by atoms with Crippen LogP contribution in [-0.4, -0.2) is 22.2 Å². The van der Waals surface area contributed by atoms with Crippen LogP contribution in [0.15, 0.2) is 97.1 Å². The molecule has 1 amide bonds. The van der Waals surface area contributed by atoms with Crippen molar-refractivity contribution in [3.8, 4) is 11.5 Å². The van der Waals surface area contributed by atoms with Crippen LogP contribution in [0.25, 0.3) is 0 Å². The fourth-order valence-electron chi connectivity index (χ4n) is 4.47. The third kappa shape index (κ3) is 15.0. The zero-order valence-electron chi connectivity index (χ0n) is 27.3. The van der Waals surface area contributed by atoms with Crippen LogP contribution >= 0.6 is 23.2 Å². The number of benzene rings is 4. The lowest BCUT2D eigenvalue weighted by Gasteiger charge is -2.15. The van der Waals surface area contributed by atoms with E-state index in [0.29, 0.717) is 44.1 Å². The van der Waals surface area contributed by atoms with Gasteiger partial charge in [0.2, 0.25) is 16.4 Å². The lowest BCUT2D eigenvalue weighted by Crippen LogP contribution is -2.23. The summed E-state index contributed by atoms with van der Waals surface area (Å²) < 4.78 is 12.2. The van der Waals surface area contributed by atoms with E-state index in [2.05, 4.69) is 31.3 Å². The van der Waals surface area contributed by atoms with Gasteiger partial charge in [-0.2, -0.15) is 0 Å². The van der Waals surface area contributed by atoms with Gasteiger partial charge in [-0.3, -0.25) is 19.2 Å².